The number of carbonyl (C=O) groups excluding carboxylic acids is 1. The van der Waals surface area contributed by atoms with Crippen LogP contribution in [-0.2, 0) is 4.79 Å². The zero-order valence-corrected chi connectivity index (χ0v) is 11.3. The van der Waals surface area contributed by atoms with Gasteiger partial charge in [-0.25, -0.2) is 0 Å². The van der Waals surface area contributed by atoms with E-state index in [4.69, 9.17) is 5.11 Å². The molecule has 0 aliphatic rings. The number of rotatable bonds is 6. The highest BCUT2D eigenvalue weighted by atomic mass is 16.3. The lowest BCUT2D eigenvalue weighted by Crippen LogP contribution is -2.32. The van der Waals surface area contributed by atoms with Gasteiger partial charge in [-0.05, 0) is 24.6 Å². The summed E-state index contributed by atoms with van der Waals surface area (Å²) in [6.07, 6.45) is 0. The molecule has 1 amide bonds. The summed E-state index contributed by atoms with van der Waals surface area (Å²) in [5.41, 5.74) is 2.01. The van der Waals surface area contributed by atoms with Crippen molar-refractivity contribution >= 4 is 11.6 Å². The Hall–Kier alpha value is -1.39. The van der Waals surface area contributed by atoms with Crippen molar-refractivity contribution in [3.63, 3.8) is 0 Å². The number of hydrogen-bond acceptors (Lipinski definition) is 3. The molecule has 0 heterocycles. The number of anilines is 1. The number of likely N-dealkylation sites (N-methyl/N-ethyl adjacent to an activating group) is 1. The van der Waals surface area contributed by atoms with E-state index < -0.39 is 0 Å². The molecule has 4 nitrogen and oxygen atoms in total. The largest absolute Gasteiger partial charge is 0.395 e. The molecule has 0 aliphatic heterocycles. The molecule has 0 aromatic heterocycles. The maximum Gasteiger partial charge on any atom is 0.238 e. The van der Waals surface area contributed by atoms with Crippen LogP contribution in [0.4, 0.5) is 5.69 Å². The Morgan fingerprint density at radius 1 is 1.39 bits per heavy atom. The summed E-state index contributed by atoms with van der Waals surface area (Å²) >= 11 is 0. The van der Waals surface area contributed by atoms with E-state index >= 15 is 0 Å². The van der Waals surface area contributed by atoms with E-state index in [1.165, 1.54) is 0 Å². The number of carbonyl (C=O) groups is 1. The van der Waals surface area contributed by atoms with Crippen LogP contribution in [0.2, 0.25) is 0 Å². The van der Waals surface area contributed by atoms with Crippen LogP contribution in [0, 0.1) is 0 Å². The van der Waals surface area contributed by atoms with Gasteiger partial charge in [-0.15, -0.1) is 0 Å². The third-order valence-corrected chi connectivity index (χ3v) is 2.75. The number of benzene rings is 1. The summed E-state index contributed by atoms with van der Waals surface area (Å²) in [5.74, 6) is 0.315. The van der Waals surface area contributed by atoms with Crippen LogP contribution >= 0.6 is 0 Å². The molecule has 0 aliphatic carbocycles. The van der Waals surface area contributed by atoms with Crippen LogP contribution in [0.5, 0.6) is 0 Å². The van der Waals surface area contributed by atoms with Crippen molar-refractivity contribution in [3.8, 4) is 0 Å². The van der Waals surface area contributed by atoms with Crippen LogP contribution in [0.3, 0.4) is 0 Å². The third-order valence-electron chi connectivity index (χ3n) is 2.75. The minimum atomic E-state index is -0.0564. The van der Waals surface area contributed by atoms with Gasteiger partial charge in [0, 0.05) is 12.2 Å². The fourth-order valence-corrected chi connectivity index (χ4v) is 1.80. The van der Waals surface area contributed by atoms with Gasteiger partial charge in [0.05, 0.1) is 13.2 Å². The Morgan fingerprint density at radius 2 is 2.06 bits per heavy atom. The first-order chi connectivity index (χ1) is 8.54. The van der Waals surface area contributed by atoms with Crippen LogP contribution < -0.4 is 5.32 Å². The molecule has 0 saturated heterocycles. The van der Waals surface area contributed by atoms with Crippen molar-refractivity contribution in [1.29, 1.82) is 0 Å². The minimum absolute atomic E-state index is 0.0564. The summed E-state index contributed by atoms with van der Waals surface area (Å²) in [6, 6.07) is 7.83. The lowest BCUT2D eigenvalue weighted by atomic mass is 10.0. The van der Waals surface area contributed by atoms with Gasteiger partial charge in [-0.1, -0.05) is 32.0 Å². The Morgan fingerprint density at radius 3 is 2.67 bits per heavy atom. The van der Waals surface area contributed by atoms with E-state index in [9.17, 15) is 4.79 Å². The molecule has 1 aromatic carbocycles. The van der Waals surface area contributed by atoms with Gasteiger partial charge in [0.1, 0.15) is 0 Å². The summed E-state index contributed by atoms with van der Waals surface area (Å²) in [7, 11) is 1.81. The van der Waals surface area contributed by atoms with Crippen molar-refractivity contribution in [1.82, 2.24) is 4.90 Å². The van der Waals surface area contributed by atoms with Crippen LogP contribution in [0.15, 0.2) is 24.3 Å². The second-order valence-corrected chi connectivity index (χ2v) is 4.75. The molecule has 0 fully saturated rings. The average molecular weight is 250 g/mol. The predicted octanol–water partition coefficient (Wildman–Crippen LogP) is 1.67. The molecule has 0 saturated carbocycles. The normalized spacial score (nSPS) is 11.0. The fraction of sp³-hybridized carbons (Fsp3) is 0.500. The number of hydrogen-bond donors (Lipinski definition) is 2. The molecule has 0 bridgehead atoms. The maximum atomic E-state index is 11.8. The highest BCUT2D eigenvalue weighted by Crippen LogP contribution is 2.23. The lowest BCUT2D eigenvalue weighted by molar-refractivity contribution is -0.117. The smallest absolute Gasteiger partial charge is 0.238 e. The monoisotopic (exact) mass is 250 g/mol. The lowest BCUT2D eigenvalue weighted by Gasteiger charge is -2.17. The molecule has 1 aromatic rings. The van der Waals surface area contributed by atoms with Crippen LogP contribution in [0.25, 0.3) is 0 Å². The number of aliphatic hydroxyl groups is 1. The van der Waals surface area contributed by atoms with Crippen molar-refractivity contribution < 1.29 is 9.90 Å². The minimum Gasteiger partial charge on any atom is -0.395 e. The molecule has 18 heavy (non-hydrogen) atoms. The molecule has 0 atom stereocenters. The first-order valence-electron chi connectivity index (χ1n) is 6.22. The molecule has 100 valence electrons. The van der Waals surface area contributed by atoms with Gasteiger partial charge in [-0.2, -0.15) is 0 Å². The second kappa shape index (κ2) is 7.13. The van der Waals surface area contributed by atoms with Crippen molar-refractivity contribution in [2.45, 2.75) is 19.8 Å². The zero-order chi connectivity index (χ0) is 13.5. The molecular weight excluding hydrogens is 228 g/mol. The highest BCUT2D eigenvalue weighted by Gasteiger charge is 2.10. The first kappa shape index (κ1) is 14.7. The Kier molecular flexibility index (Phi) is 5.82. The molecular formula is C14H22N2O2. The summed E-state index contributed by atoms with van der Waals surface area (Å²) in [6.45, 7) is 5.05. The van der Waals surface area contributed by atoms with Crippen LogP contribution in [0.1, 0.15) is 25.3 Å². The van der Waals surface area contributed by atoms with Crippen molar-refractivity contribution in [3.05, 3.63) is 29.8 Å². The number of nitrogens with zero attached hydrogens (tertiary/aromatic N) is 1. The summed E-state index contributed by atoms with van der Waals surface area (Å²) in [5, 5.41) is 11.7. The number of aliphatic hydroxyl groups excluding tert-OH is 1. The quantitative estimate of drug-likeness (QED) is 0.807. The van der Waals surface area contributed by atoms with Gasteiger partial charge in [0.25, 0.3) is 0 Å². The number of amides is 1. The van der Waals surface area contributed by atoms with E-state index in [1.807, 2.05) is 31.3 Å². The number of para-hydroxylation sites is 1. The Balaban J connectivity index is 2.64. The van der Waals surface area contributed by atoms with E-state index in [0.717, 1.165) is 11.3 Å². The van der Waals surface area contributed by atoms with E-state index in [-0.39, 0.29) is 19.1 Å². The van der Waals surface area contributed by atoms with Gasteiger partial charge < -0.3 is 10.4 Å². The van der Waals surface area contributed by atoms with Gasteiger partial charge in [0.15, 0.2) is 0 Å². The average Bonchev–Trinajstić information content (AvgIpc) is 2.29. The van der Waals surface area contributed by atoms with E-state index in [0.29, 0.717) is 12.5 Å². The second-order valence-electron chi connectivity index (χ2n) is 4.75. The summed E-state index contributed by atoms with van der Waals surface area (Å²) in [4.78, 5) is 13.6. The van der Waals surface area contributed by atoms with Crippen molar-refractivity contribution in [2.24, 2.45) is 0 Å². The topological polar surface area (TPSA) is 52.6 Å². The molecule has 4 heteroatoms. The van der Waals surface area contributed by atoms with E-state index in [1.54, 1.807) is 4.90 Å². The highest BCUT2D eigenvalue weighted by molar-refractivity contribution is 5.93. The predicted molar refractivity (Wildman–Crippen MR) is 73.7 cm³/mol. The third kappa shape index (κ3) is 4.47. The van der Waals surface area contributed by atoms with Crippen LogP contribution in [-0.4, -0.2) is 42.7 Å². The first-order valence-corrected chi connectivity index (χ1v) is 6.22. The van der Waals surface area contributed by atoms with Crippen molar-refractivity contribution in [2.75, 3.05) is 32.1 Å². The summed E-state index contributed by atoms with van der Waals surface area (Å²) < 4.78 is 0. The van der Waals surface area contributed by atoms with E-state index in [2.05, 4.69) is 19.2 Å². The van der Waals surface area contributed by atoms with Gasteiger partial charge in [0.2, 0.25) is 5.91 Å². The standard InChI is InChI=1S/C14H22N2O2/c1-11(2)12-6-4-5-7-13(12)15-14(18)10-16(3)8-9-17/h4-7,11,17H,8-10H2,1-3H3,(H,15,18). The Bertz CT molecular complexity index is 391. The molecule has 2 N–H and O–H groups in total. The molecule has 0 unspecified atom stereocenters. The zero-order valence-electron chi connectivity index (χ0n) is 11.3. The number of nitrogens with one attached hydrogen (secondary N) is 1. The molecule has 0 spiro atoms. The fourth-order valence-electron chi connectivity index (χ4n) is 1.80. The SMILES string of the molecule is CC(C)c1ccccc1NC(=O)CN(C)CCO. The maximum absolute atomic E-state index is 11.8. The van der Waals surface area contributed by atoms with Gasteiger partial charge in [-0.3, -0.25) is 9.69 Å². The Labute approximate surface area is 109 Å². The van der Waals surface area contributed by atoms with Gasteiger partial charge >= 0.3 is 0 Å². The molecule has 0 radical (unpaired) electrons. The molecule has 1 rings (SSSR count).